The monoisotopic (exact) mass is 357 g/mol. The van der Waals surface area contributed by atoms with Crippen molar-refractivity contribution in [1.82, 2.24) is 5.32 Å². The molecule has 0 aliphatic carbocycles. The molecule has 5 nitrogen and oxygen atoms in total. The van der Waals surface area contributed by atoms with Crippen molar-refractivity contribution in [2.75, 3.05) is 13.2 Å². The van der Waals surface area contributed by atoms with Gasteiger partial charge in [0, 0.05) is 5.02 Å². The molecule has 0 fully saturated rings. The smallest absolute Gasteiger partial charge is 0.338 e. The van der Waals surface area contributed by atoms with Crippen molar-refractivity contribution >= 4 is 23.5 Å². The highest BCUT2D eigenvalue weighted by Crippen LogP contribution is 2.17. The quantitative estimate of drug-likeness (QED) is 0.611. The van der Waals surface area contributed by atoms with Crippen LogP contribution in [0.4, 0.5) is 0 Å². The number of rotatable bonds is 7. The Morgan fingerprint density at radius 3 is 2.40 bits per heavy atom. The van der Waals surface area contributed by atoms with Crippen LogP contribution < -0.4 is 10.1 Å². The van der Waals surface area contributed by atoms with Gasteiger partial charge in [0.25, 0.3) is 5.91 Å². The molecule has 2 aromatic rings. The topological polar surface area (TPSA) is 64.6 Å². The summed E-state index contributed by atoms with van der Waals surface area (Å²) in [5.74, 6) is 1.93. The number of halogens is 1. The maximum Gasteiger partial charge on any atom is 0.338 e. The number of terminal acetylenes is 1. The first-order valence-corrected chi connectivity index (χ1v) is 7.81. The van der Waals surface area contributed by atoms with E-state index in [0.29, 0.717) is 22.9 Å². The van der Waals surface area contributed by atoms with Gasteiger partial charge in [-0.1, -0.05) is 29.7 Å². The third-order valence-corrected chi connectivity index (χ3v) is 3.38. The molecule has 0 aliphatic heterocycles. The Morgan fingerprint density at radius 2 is 1.76 bits per heavy atom. The first-order valence-electron chi connectivity index (χ1n) is 7.43. The second-order valence-electron chi connectivity index (χ2n) is 5.00. The van der Waals surface area contributed by atoms with E-state index in [4.69, 9.17) is 27.5 Å². The number of amides is 1. The van der Waals surface area contributed by atoms with Gasteiger partial charge >= 0.3 is 5.97 Å². The normalized spacial score (nSPS) is 9.76. The molecule has 0 bridgehead atoms. The number of ether oxygens (including phenoxy) is 2. The predicted octanol–water partition coefficient (Wildman–Crippen LogP) is 2.83. The molecule has 1 amide bonds. The summed E-state index contributed by atoms with van der Waals surface area (Å²) in [7, 11) is 0. The molecule has 0 aliphatic rings. The Kier molecular flexibility index (Phi) is 6.87. The van der Waals surface area contributed by atoms with Gasteiger partial charge in [-0.05, 0) is 42.0 Å². The van der Waals surface area contributed by atoms with E-state index in [1.807, 2.05) is 0 Å². The largest absolute Gasteiger partial charge is 0.489 e. The van der Waals surface area contributed by atoms with Gasteiger partial charge in [0.2, 0.25) is 0 Å². The first-order chi connectivity index (χ1) is 12.1. The van der Waals surface area contributed by atoms with Crippen molar-refractivity contribution in [3.05, 3.63) is 64.7 Å². The van der Waals surface area contributed by atoms with Gasteiger partial charge in [0.15, 0.2) is 6.61 Å². The summed E-state index contributed by atoms with van der Waals surface area (Å²) >= 11 is 5.81. The van der Waals surface area contributed by atoms with Crippen LogP contribution in [0.2, 0.25) is 5.02 Å². The van der Waals surface area contributed by atoms with E-state index in [1.54, 1.807) is 48.5 Å². The Labute approximate surface area is 150 Å². The van der Waals surface area contributed by atoms with Gasteiger partial charge in [-0.15, -0.1) is 6.42 Å². The van der Waals surface area contributed by atoms with Crippen molar-refractivity contribution in [3.8, 4) is 18.1 Å². The van der Waals surface area contributed by atoms with Gasteiger partial charge in [-0.25, -0.2) is 4.79 Å². The summed E-state index contributed by atoms with van der Waals surface area (Å²) in [6.07, 6.45) is 5.02. The number of carbonyl (C=O) groups is 2. The van der Waals surface area contributed by atoms with Gasteiger partial charge in [0.1, 0.15) is 12.4 Å². The standard InChI is InChI=1S/C19H16ClNO4/c1-2-11-21-18(22)13-25-19(23)15-5-3-14(4-6-15)12-24-17-9-7-16(20)8-10-17/h1,3-10H,11-13H2,(H,21,22). The second-order valence-corrected chi connectivity index (χ2v) is 5.43. The molecule has 0 unspecified atom stereocenters. The summed E-state index contributed by atoms with van der Waals surface area (Å²) in [5, 5.41) is 3.05. The molecule has 0 radical (unpaired) electrons. The minimum atomic E-state index is -0.582. The number of hydrogen-bond donors (Lipinski definition) is 1. The summed E-state index contributed by atoms with van der Waals surface area (Å²) in [4.78, 5) is 23.2. The zero-order valence-corrected chi connectivity index (χ0v) is 14.1. The van der Waals surface area contributed by atoms with Crippen LogP contribution in [0.5, 0.6) is 5.75 Å². The van der Waals surface area contributed by atoms with Crippen LogP contribution >= 0.6 is 11.6 Å². The average Bonchev–Trinajstić information content (AvgIpc) is 2.64. The molecule has 1 N–H and O–H groups in total. The van der Waals surface area contributed by atoms with Gasteiger partial charge in [-0.2, -0.15) is 0 Å². The van der Waals surface area contributed by atoms with E-state index in [2.05, 4.69) is 11.2 Å². The third-order valence-electron chi connectivity index (χ3n) is 3.13. The maximum atomic E-state index is 11.9. The first kappa shape index (κ1) is 18.4. The van der Waals surface area contributed by atoms with Gasteiger partial charge in [-0.3, -0.25) is 4.79 Å². The highest BCUT2D eigenvalue weighted by Gasteiger charge is 2.09. The SMILES string of the molecule is C#CCNC(=O)COC(=O)c1ccc(COc2ccc(Cl)cc2)cc1. The molecule has 128 valence electrons. The minimum absolute atomic E-state index is 0.0959. The molecular weight excluding hydrogens is 342 g/mol. The summed E-state index contributed by atoms with van der Waals surface area (Å²) in [6, 6.07) is 13.8. The van der Waals surface area contributed by atoms with Crippen LogP contribution in [0.15, 0.2) is 48.5 Å². The van der Waals surface area contributed by atoms with Gasteiger partial charge in [0.05, 0.1) is 12.1 Å². The molecule has 2 aromatic carbocycles. The lowest BCUT2D eigenvalue weighted by Gasteiger charge is -2.08. The van der Waals surface area contributed by atoms with E-state index in [-0.39, 0.29) is 13.2 Å². The summed E-state index contributed by atoms with van der Waals surface area (Å²) in [5.41, 5.74) is 1.23. The molecule has 0 heterocycles. The zero-order valence-electron chi connectivity index (χ0n) is 13.3. The van der Waals surface area contributed by atoms with Crippen LogP contribution in [-0.2, 0) is 16.1 Å². The maximum absolute atomic E-state index is 11.9. The fraction of sp³-hybridized carbons (Fsp3) is 0.158. The highest BCUT2D eigenvalue weighted by atomic mass is 35.5. The summed E-state index contributed by atoms with van der Waals surface area (Å²) < 4.78 is 10.5. The van der Waals surface area contributed by atoms with Crippen molar-refractivity contribution in [3.63, 3.8) is 0 Å². The molecule has 0 saturated heterocycles. The van der Waals surface area contributed by atoms with Crippen LogP contribution in [0.1, 0.15) is 15.9 Å². The molecule has 0 atom stereocenters. The van der Waals surface area contributed by atoms with Crippen LogP contribution in [-0.4, -0.2) is 25.0 Å². The fourth-order valence-electron chi connectivity index (χ4n) is 1.85. The van der Waals surface area contributed by atoms with E-state index in [9.17, 15) is 9.59 Å². The van der Waals surface area contributed by atoms with E-state index >= 15 is 0 Å². The predicted molar refractivity (Wildman–Crippen MR) is 94.4 cm³/mol. The van der Waals surface area contributed by atoms with Crippen molar-refractivity contribution in [2.24, 2.45) is 0 Å². The Balaban J connectivity index is 1.82. The number of esters is 1. The van der Waals surface area contributed by atoms with Crippen LogP contribution in [0.3, 0.4) is 0 Å². The lowest BCUT2D eigenvalue weighted by Crippen LogP contribution is -2.28. The Morgan fingerprint density at radius 1 is 1.08 bits per heavy atom. The molecular formula is C19H16ClNO4. The summed E-state index contributed by atoms with van der Waals surface area (Å²) in [6.45, 7) is 0.0755. The average molecular weight is 358 g/mol. The lowest BCUT2D eigenvalue weighted by atomic mass is 10.1. The fourth-order valence-corrected chi connectivity index (χ4v) is 1.98. The zero-order chi connectivity index (χ0) is 18.1. The van der Waals surface area contributed by atoms with Gasteiger partial charge < -0.3 is 14.8 Å². The molecule has 0 spiro atoms. The number of nitrogens with one attached hydrogen (secondary N) is 1. The van der Waals surface area contributed by atoms with E-state index < -0.39 is 11.9 Å². The van der Waals surface area contributed by atoms with E-state index in [1.165, 1.54) is 0 Å². The van der Waals surface area contributed by atoms with Crippen LogP contribution in [0, 0.1) is 12.3 Å². The van der Waals surface area contributed by atoms with Crippen molar-refractivity contribution < 1.29 is 19.1 Å². The molecule has 25 heavy (non-hydrogen) atoms. The molecule has 0 aromatic heterocycles. The molecule has 6 heteroatoms. The van der Waals surface area contributed by atoms with Crippen LogP contribution in [0.25, 0.3) is 0 Å². The second kappa shape index (κ2) is 9.36. The highest BCUT2D eigenvalue weighted by molar-refractivity contribution is 6.30. The van der Waals surface area contributed by atoms with Crippen molar-refractivity contribution in [2.45, 2.75) is 6.61 Å². The lowest BCUT2D eigenvalue weighted by molar-refractivity contribution is -0.123. The molecule has 2 rings (SSSR count). The number of carbonyl (C=O) groups excluding carboxylic acids is 2. The van der Waals surface area contributed by atoms with Crippen molar-refractivity contribution in [1.29, 1.82) is 0 Å². The number of hydrogen-bond acceptors (Lipinski definition) is 4. The third kappa shape index (κ3) is 6.21. The van der Waals surface area contributed by atoms with E-state index in [0.717, 1.165) is 5.56 Å². The molecule has 0 saturated carbocycles. The Bertz CT molecular complexity index is 764. The minimum Gasteiger partial charge on any atom is -0.489 e. The Hall–Kier alpha value is -2.97. The number of benzene rings is 2.